The van der Waals surface area contributed by atoms with Crippen molar-refractivity contribution in [1.29, 1.82) is 0 Å². The van der Waals surface area contributed by atoms with Gasteiger partial charge in [-0.1, -0.05) is 12.1 Å². The number of anilines is 1. The van der Waals surface area contributed by atoms with Crippen molar-refractivity contribution in [2.45, 2.75) is 70.7 Å². The van der Waals surface area contributed by atoms with E-state index in [2.05, 4.69) is 36.0 Å². The molecule has 216 valence electrons. The van der Waals surface area contributed by atoms with Crippen LogP contribution in [0.2, 0.25) is 0 Å². The van der Waals surface area contributed by atoms with Gasteiger partial charge in [0.15, 0.2) is 5.69 Å². The number of aryl methyl sites for hydroxylation is 1. The van der Waals surface area contributed by atoms with Gasteiger partial charge in [-0.25, -0.2) is 13.2 Å². The maximum absolute atomic E-state index is 14.3. The minimum atomic E-state index is -2.78. The summed E-state index contributed by atoms with van der Waals surface area (Å²) in [6.07, 6.45) is -2.21. The van der Waals surface area contributed by atoms with Crippen molar-refractivity contribution in [2.75, 3.05) is 44.2 Å². The molecule has 1 aromatic carbocycles. The molecule has 0 bridgehead atoms. The highest BCUT2D eigenvalue weighted by molar-refractivity contribution is 5.94. The van der Waals surface area contributed by atoms with Crippen LogP contribution in [-0.4, -0.2) is 94.0 Å². The number of nitrogens with zero attached hydrogens (tertiary/aromatic N) is 5. The number of amides is 2. The monoisotopic (exact) mass is 559 g/mol. The largest absolute Gasteiger partial charge is 0.390 e. The van der Waals surface area contributed by atoms with Crippen LogP contribution in [0.1, 0.15) is 52.1 Å². The number of piperazine rings is 1. The maximum Gasteiger partial charge on any atom is 0.274 e. The molecule has 1 spiro atoms. The Bertz CT molecular complexity index is 1340. The summed E-state index contributed by atoms with van der Waals surface area (Å²) in [7, 11) is 0. The number of alkyl halides is 3. The van der Waals surface area contributed by atoms with E-state index in [-0.39, 0.29) is 56.9 Å². The van der Waals surface area contributed by atoms with E-state index in [9.17, 15) is 27.9 Å². The molecule has 8 nitrogen and oxygen atoms in total. The fourth-order valence-corrected chi connectivity index (χ4v) is 6.66. The summed E-state index contributed by atoms with van der Waals surface area (Å²) in [5.41, 5.74) is 3.59. The first-order valence-electron chi connectivity index (χ1n) is 14.2. The van der Waals surface area contributed by atoms with E-state index in [1.54, 1.807) is 4.90 Å². The van der Waals surface area contributed by atoms with Gasteiger partial charge in [0, 0.05) is 61.5 Å². The molecule has 2 aromatic rings. The van der Waals surface area contributed by atoms with Gasteiger partial charge in [-0.05, 0) is 56.7 Å². The molecule has 6 rings (SSSR count). The fourth-order valence-electron chi connectivity index (χ4n) is 6.66. The molecular formula is C29H36F3N5O3. The zero-order chi connectivity index (χ0) is 28.4. The number of fused-ring (bicyclic) bond motifs is 1. The molecule has 1 N–H and O–H groups in total. The van der Waals surface area contributed by atoms with Crippen LogP contribution in [0.5, 0.6) is 0 Å². The first-order valence-corrected chi connectivity index (χ1v) is 14.2. The zero-order valence-corrected chi connectivity index (χ0v) is 23.0. The Labute approximate surface area is 231 Å². The lowest BCUT2D eigenvalue weighted by Gasteiger charge is -2.37. The van der Waals surface area contributed by atoms with Crippen LogP contribution in [0.25, 0.3) is 0 Å². The van der Waals surface area contributed by atoms with Crippen LogP contribution in [0.3, 0.4) is 0 Å². The Morgan fingerprint density at radius 3 is 2.50 bits per heavy atom. The van der Waals surface area contributed by atoms with Crippen molar-refractivity contribution in [1.82, 2.24) is 19.6 Å². The van der Waals surface area contributed by atoms with E-state index >= 15 is 0 Å². The Morgan fingerprint density at radius 2 is 1.82 bits per heavy atom. The summed E-state index contributed by atoms with van der Waals surface area (Å²) in [5.74, 6) is -3.44. The Hall–Kier alpha value is -3.08. The van der Waals surface area contributed by atoms with Gasteiger partial charge >= 0.3 is 0 Å². The van der Waals surface area contributed by atoms with Gasteiger partial charge in [0.05, 0.1) is 12.6 Å². The Balaban J connectivity index is 1.20. The summed E-state index contributed by atoms with van der Waals surface area (Å²) >= 11 is 0. The molecule has 2 aliphatic heterocycles. The topological polar surface area (TPSA) is 81.9 Å². The molecule has 11 heteroatoms. The molecular weight excluding hydrogens is 523 g/mol. The normalized spacial score (nSPS) is 27.6. The van der Waals surface area contributed by atoms with E-state index in [0.29, 0.717) is 43.9 Å². The third-order valence-corrected chi connectivity index (χ3v) is 9.56. The second-order valence-corrected chi connectivity index (χ2v) is 12.0. The van der Waals surface area contributed by atoms with Crippen molar-refractivity contribution in [3.8, 4) is 0 Å². The highest BCUT2D eigenvalue weighted by atomic mass is 19.3. The lowest BCUT2D eigenvalue weighted by atomic mass is 9.83. The molecule has 3 heterocycles. The number of rotatable bonds is 4. The summed E-state index contributed by atoms with van der Waals surface area (Å²) in [6.45, 7) is 6.48. The quantitative estimate of drug-likeness (QED) is 0.623. The molecule has 2 aliphatic carbocycles. The average Bonchev–Trinajstić information content (AvgIpc) is 3.27. The number of carbonyl (C=O) groups excluding carboxylic acids is 2. The number of aliphatic hydroxyl groups excluding tert-OH is 1. The molecule has 3 atom stereocenters. The van der Waals surface area contributed by atoms with Crippen molar-refractivity contribution >= 4 is 17.5 Å². The molecule has 40 heavy (non-hydrogen) atoms. The van der Waals surface area contributed by atoms with Gasteiger partial charge < -0.3 is 19.8 Å². The number of aliphatic hydroxyl groups is 1. The van der Waals surface area contributed by atoms with E-state index < -0.39 is 29.5 Å². The number of carbonyl (C=O) groups is 2. The standard InChI is InChI=1S/C29H36F3N5O3/c1-18-4-3-5-22(19(18)2)34-10-12-35(13-11-34)25(39)16-37-23-6-8-28(17-29(28,31)32)14-20(23)26(33-37)27(40)36-9-7-24(38)21(30)15-36/h3-5,21,24,38H,6-17H2,1-2H3/t21-,24+,28?/m0/s1. The van der Waals surface area contributed by atoms with Crippen LogP contribution in [0, 0.1) is 19.3 Å². The number of piperidine rings is 1. The molecule has 1 saturated carbocycles. The second-order valence-electron chi connectivity index (χ2n) is 12.0. The summed E-state index contributed by atoms with van der Waals surface area (Å²) in [6, 6.07) is 6.22. The molecule has 3 fully saturated rings. The molecule has 1 aromatic heterocycles. The molecule has 2 amide bonds. The van der Waals surface area contributed by atoms with E-state index in [1.165, 1.54) is 26.4 Å². The summed E-state index contributed by atoms with van der Waals surface area (Å²) in [5, 5.41) is 14.3. The SMILES string of the molecule is Cc1cccc(N2CCN(C(=O)Cn3nc(C(=O)N4CC[C@@H](O)[C@@H](F)C4)c4c3CCC3(C4)CC3(F)F)CC2)c1C. The van der Waals surface area contributed by atoms with Crippen LogP contribution < -0.4 is 4.90 Å². The molecule has 2 saturated heterocycles. The van der Waals surface area contributed by atoms with Gasteiger partial charge in [-0.3, -0.25) is 14.3 Å². The van der Waals surface area contributed by atoms with Crippen molar-refractivity contribution in [3.05, 3.63) is 46.3 Å². The molecule has 4 aliphatic rings. The van der Waals surface area contributed by atoms with E-state index in [1.807, 2.05) is 6.07 Å². The first kappa shape index (κ1) is 27.1. The van der Waals surface area contributed by atoms with E-state index in [0.717, 1.165) is 0 Å². The first-order chi connectivity index (χ1) is 19.0. The minimum Gasteiger partial charge on any atom is -0.390 e. The smallest absolute Gasteiger partial charge is 0.274 e. The van der Waals surface area contributed by atoms with Crippen molar-refractivity contribution in [2.24, 2.45) is 5.41 Å². The number of likely N-dealkylation sites (tertiary alicyclic amines) is 1. The Morgan fingerprint density at radius 1 is 1.10 bits per heavy atom. The highest BCUT2D eigenvalue weighted by Gasteiger charge is 2.71. The van der Waals surface area contributed by atoms with Gasteiger partial charge in [0.25, 0.3) is 11.8 Å². The van der Waals surface area contributed by atoms with Crippen LogP contribution in [0.4, 0.5) is 18.9 Å². The lowest BCUT2D eigenvalue weighted by Crippen LogP contribution is -2.50. The highest BCUT2D eigenvalue weighted by Crippen LogP contribution is 2.66. The number of benzene rings is 1. The number of halogens is 3. The second kappa shape index (κ2) is 9.78. The Kier molecular flexibility index (Phi) is 6.63. The van der Waals surface area contributed by atoms with Gasteiger partial charge in [-0.15, -0.1) is 0 Å². The van der Waals surface area contributed by atoms with Crippen LogP contribution in [-0.2, 0) is 24.2 Å². The predicted octanol–water partition coefficient (Wildman–Crippen LogP) is 2.91. The molecule has 0 radical (unpaired) electrons. The zero-order valence-electron chi connectivity index (χ0n) is 23.0. The predicted molar refractivity (Wildman–Crippen MR) is 142 cm³/mol. The molecule has 1 unspecified atom stereocenters. The minimum absolute atomic E-state index is 0.0225. The number of aromatic nitrogens is 2. The van der Waals surface area contributed by atoms with Crippen LogP contribution in [0.15, 0.2) is 18.2 Å². The number of hydrogen-bond acceptors (Lipinski definition) is 5. The summed E-state index contributed by atoms with van der Waals surface area (Å²) in [4.78, 5) is 32.2. The van der Waals surface area contributed by atoms with Crippen molar-refractivity contribution < 1.29 is 27.9 Å². The van der Waals surface area contributed by atoms with E-state index in [4.69, 9.17) is 0 Å². The third kappa shape index (κ3) is 4.55. The van der Waals surface area contributed by atoms with Crippen LogP contribution >= 0.6 is 0 Å². The fraction of sp³-hybridized carbons (Fsp3) is 0.621. The van der Waals surface area contributed by atoms with Crippen molar-refractivity contribution in [3.63, 3.8) is 0 Å². The van der Waals surface area contributed by atoms with Gasteiger partial charge in [-0.2, -0.15) is 5.10 Å². The van der Waals surface area contributed by atoms with Gasteiger partial charge in [0.2, 0.25) is 5.91 Å². The van der Waals surface area contributed by atoms with Gasteiger partial charge in [0.1, 0.15) is 12.7 Å². The number of hydrogen-bond donors (Lipinski definition) is 1. The third-order valence-electron chi connectivity index (χ3n) is 9.56. The average molecular weight is 560 g/mol. The lowest BCUT2D eigenvalue weighted by molar-refractivity contribution is -0.132. The maximum atomic E-state index is 14.3. The summed E-state index contributed by atoms with van der Waals surface area (Å²) < 4.78 is 44.4.